The molecule has 0 bridgehead atoms. The van der Waals surface area contributed by atoms with Gasteiger partial charge in [0, 0.05) is 25.2 Å². The summed E-state index contributed by atoms with van der Waals surface area (Å²) in [7, 11) is -3.27. The van der Waals surface area contributed by atoms with Crippen LogP contribution in [0.5, 0.6) is 0 Å². The maximum Gasteiger partial charge on any atom is 0.279 e. The Bertz CT molecular complexity index is 335. The van der Waals surface area contributed by atoms with Crippen molar-refractivity contribution >= 4 is 10.2 Å². The van der Waals surface area contributed by atoms with Crippen LogP contribution in [-0.4, -0.2) is 44.4 Å². The van der Waals surface area contributed by atoms with Crippen LogP contribution in [0.15, 0.2) is 0 Å². The Kier molecular flexibility index (Phi) is 4.41. The lowest BCUT2D eigenvalue weighted by Crippen LogP contribution is -2.50. The minimum absolute atomic E-state index is 0.239. The molecule has 1 atom stereocenters. The molecule has 0 aromatic carbocycles. The maximum atomic E-state index is 12.1. The summed E-state index contributed by atoms with van der Waals surface area (Å²) < 4.78 is 28.4. The number of nitrogens with one attached hydrogen (secondary N) is 2. The van der Waals surface area contributed by atoms with Crippen molar-refractivity contribution in [3.05, 3.63) is 0 Å². The second-order valence-electron chi connectivity index (χ2n) is 4.95. The second-order valence-corrected chi connectivity index (χ2v) is 6.66. The van der Waals surface area contributed by atoms with Gasteiger partial charge in [-0.05, 0) is 32.2 Å². The quantitative estimate of drug-likeness (QED) is 0.729. The second kappa shape index (κ2) is 5.65. The van der Waals surface area contributed by atoms with E-state index < -0.39 is 10.2 Å². The van der Waals surface area contributed by atoms with E-state index in [-0.39, 0.29) is 6.04 Å². The van der Waals surface area contributed by atoms with Crippen LogP contribution in [0.2, 0.25) is 0 Å². The van der Waals surface area contributed by atoms with Crippen molar-refractivity contribution in [2.75, 3.05) is 19.6 Å². The first-order valence-corrected chi connectivity index (χ1v) is 8.07. The van der Waals surface area contributed by atoms with Crippen LogP contribution >= 0.6 is 0 Å². The van der Waals surface area contributed by atoms with Gasteiger partial charge < -0.3 is 5.32 Å². The molecule has 100 valence electrons. The zero-order valence-corrected chi connectivity index (χ0v) is 11.3. The first kappa shape index (κ1) is 13.3. The summed E-state index contributed by atoms with van der Waals surface area (Å²) in [4.78, 5) is 0. The van der Waals surface area contributed by atoms with Crippen molar-refractivity contribution in [1.82, 2.24) is 14.3 Å². The summed E-state index contributed by atoms with van der Waals surface area (Å²) >= 11 is 0. The van der Waals surface area contributed by atoms with Crippen molar-refractivity contribution < 1.29 is 8.42 Å². The number of nitrogens with zero attached hydrogens (tertiary/aromatic N) is 1. The van der Waals surface area contributed by atoms with E-state index >= 15 is 0 Å². The molecule has 1 heterocycles. The van der Waals surface area contributed by atoms with Gasteiger partial charge in [-0.3, -0.25) is 0 Å². The highest BCUT2D eigenvalue weighted by atomic mass is 32.2. The third-order valence-corrected chi connectivity index (χ3v) is 5.12. The monoisotopic (exact) mass is 261 g/mol. The minimum atomic E-state index is -3.27. The predicted octanol–water partition coefficient (Wildman–Crippen LogP) is 0.447. The zero-order valence-electron chi connectivity index (χ0n) is 10.5. The molecule has 1 aliphatic heterocycles. The first-order valence-electron chi connectivity index (χ1n) is 6.63. The molecular weight excluding hydrogens is 238 g/mol. The van der Waals surface area contributed by atoms with Crippen LogP contribution in [0.1, 0.15) is 39.0 Å². The predicted molar refractivity (Wildman–Crippen MR) is 68.0 cm³/mol. The molecular formula is C11H23N3O2S. The van der Waals surface area contributed by atoms with Gasteiger partial charge in [-0.15, -0.1) is 0 Å². The third kappa shape index (κ3) is 3.64. The fourth-order valence-corrected chi connectivity index (χ4v) is 3.88. The topological polar surface area (TPSA) is 61.4 Å². The molecule has 0 aromatic rings. The van der Waals surface area contributed by atoms with E-state index in [0.29, 0.717) is 19.1 Å². The van der Waals surface area contributed by atoms with E-state index in [0.717, 1.165) is 25.8 Å². The zero-order chi connectivity index (χ0) is 12.3. The first-order chi connectivity index (χ1) is 8.13. The van der Waals surface area contributed by atoms with Gasteiger partial charge >= 0.3 is 0 Å². The van der Waals surface area contributed by atoms with Crippen molar-refractivity contribution in [3.8, 4) is 0 Å². The molecule has 1 saturated heterocycles. The van der Waals surface area contributed by atoms with Gasteiger partial charge in [-0.1, -0.05) is 13.3 Å². The summed E-state index contributed by atoms with van der Waals surface area (Å²) in [5, 5.41) is 3.41. The highest BCUT2D eigenvalue weighted by molar-refractivity contribution is 7.87. The Morgan fingerprint density at radius 3 is 2.59 bits per heavy atom. The fraction of sp³-hybridized carbons (Fsp3) is 1.00. The standard InChI is InChI=1S/C11H23N3O2S/c1-2-13-17(15,16)14(11-6-7-11)9-10-5-3-4-8-12-10/h10-13H,2-9H2,1H3. The molecule has 0 aromatic heterocycles. The summed E-state index contributed by atoms with van der Waals surface area (Å²) in [6, 6.07) is 0.570. The fourth-order valence-electron chi connectivity index (χ4n) is 2.37. The van der Waals surface area contributed by atoms with Crippen molar-refractivity contribution in [1.29, 1.82) is 0 Å². The maximum absolute atomic E-state index is 12.1. The third-order valence-electron chi connectivity index (χ3n) is 3.40. The van der Waals surface area contributed by atoms with Crippen molar-refractivity contribution in [2.45, 2.75) is 51.1 Å². The highest BCUT2D eigenvalue weighted by Crippen LogP contribution is 2.29. The Morgan fingerprint density at radius 1 is 1.29 bits per heavy atom. The van der Waals surface area contributed by atoms with Crippen molar-refractivity contribution in [3.63, 3.8) is 0 Å². The van der Waals surface area contributed by atoms with Gasteiger partial charge in [0.1, 0.15) is 0 Å². The van der Waals surface area contributed by atoms with Crippen LogP contribution in [-0.2, 0) is 10.2 Å². The number of hydrogen-bond donors (Lipinski definition) is 2. The average Bonchev–Trinajstić information content (AvgIpc) is 3.11. The number of rotatable bonds is 6. The molecule has 0 amide bonds. The summed E-state index contributed by atoms with van der Waals surface area (Å²) in [6.45, 7) is 3.93. The SMILES string of the molecule is CCNS(=O)(=O)N(CC1CCCCN1)C1CC1. The van der Waals surface area contributed by atoms with Crippen LogP contribution < -0.4 is 10.0 Å². The van der Waals surface area contributed by atoms with Gasteiger partial charge in [-0.2, -0.15) is 12.7 Å². The Balaban J connectivity index is 1.97. The molecule has 0 radical (unpaired) electrons. The van der Waals surface area contributed by atoms with E-state index in [1.165, 1.54) is 12.8 Å². The Labute approximate surface area is 104 Å². The largest absolute Gasteiger partial charge is 0.313 e. The molecule has 17 heavy (non-hydrogen) atoms. The van der Waals surface area contributed by atoms with Gasteiger partial charge in [0.15, 0.2) is 0 Å². The van der Waals surface area contributed by atoms with Gasteiger partial charge in [0.2, 0.25) is 0 Å². The molecule has 2 N–H and O–H groups in total. The summed E-state index contributed by atoms with van der Waals surface area (Å²) in [5.74, 6) is 0. The Hall–Kier alpha value is -0.170. The van der Waals surface area contributed by atoms with E-state index in [2.05, 4.69) is 10.0 Å². The lowest BCUT2D eigenvalue weighted by atomic mass is 10.1. The van der Waals surface area contributed by atoms with Gasteiger partial charge in [0.25, 0.3) is 10.2 Å². The smallest absolute Gasteiger partial charge is 0.279 e. The lowest BCUT2D eigenvalue weighted by Gasteiger charge is -2.30. The summed E-state index contributed by atoms with van der Waals surface area (Å²) in [6.07, 6.45) is 5.52. The van der Waals surface area contributed by atoms with E-state index in [9.17, 15) is 8.42 Å². The molecule has 1 unspecified atom stereocenters. The van der Waals surface area contributed by atoms with Crippen LogP contribution in [0.25, 0.3) is 0 Å². The van der Waals surface area contributed by atoms with Gasteiger partial charge in [0.05, 0.1) is 0 Å². The molecule has 1 saturated carbocycles. The van der Waals surface area contributed by atoms with Crippen molar-refractivity contribution in [2.24, 2.45) is 0 Å². The van der Waals surface area contributed by atoms with Crippen LogP contribution in [0.4, 0.5) is 0 Å². The normalized spacial score (nSPS) is 26.4. The summed E-state index contributed by atoms with van der Waals surface area (Å²) in [5.41, 5.74) is 0. The minimum Gasteiger partial charge on any atom is -0.313 e. The van der Waals surface area contributed by atoms with Crippen LogP contribution in [0, 0.1) is 0 Å². The van der Waals surface area contributed by atoms with E-state index in [4.69, 9.17) is 0 Å². The number of piperidine rings is 1. The molecule has 0 spiro atoms. The molecule has 6 heteroatoms. The van der Waals surface area contributed by atoms with Gasteiger partial charge in [-0.25, -0.2) is 4.72 Å². The number of hydrogen-bond acceptors (Lipinski definition) is 3. The average molecular weight is 261 g/mol. The molecule has 1 aliphatic carbocycles. The van der Waals surface area contributed by atoms with E-state index in [1.54, 1.807) is 4.31 Å². The lowest BCUT2D eigenvalue weighted by molar-refractivity contribution is 0.305. The van der Waals surface area contributed by atoms with Crippen LogP contribution in [0.3, 0.4) is 0 Å². The van der Waals surface area contributed by atoms with E-state index in [1.807, 2.05) is 6.92 Å². The molecule has 5 nitrogen and oxygen atoms in total. The highest BCUT2D eigenvalue weighted by Gasteiger charge is 2.38. The molecule has 2 fully saturated rings. The Morgan fingerprint density at radius 2 is 2.06 bits per heavy atom. The molecule has 2 aliphatic rings. The molecule has 2 rings (SSSR count).